The predicted molar refractivity (Wildman–Crippen MR) is 84.4 cm³/mol. The maximum atomic E-state index is 12.3. The quantitative estimate of drug-likeness (QED) is 0.709. The van der Waals surface area contributed by atoms with Crippen molar-refractivity contribution in [3.05, 3.63) is 29.8 Å². The van der Waals surface area contributed by atoms with Crippen molar-refractivity contribution >= 4 is 11.9 Å². The fourth-order valence-corrected chi connectivity index (χ4v) is 1.95. The number of allylic oxidation sites excluding steroid dienone is 1. The van der Waals surface area contributed by atoms with E-state index < -0.39 is 17.9 Å². The predicted octanol–water partition coefficient (Wildman–Crippen LogP) is 1.86. The Labute approximate surface area is 134 Å². The highest BCUT2D eigenvalue weighted by Crippen LogP contribution is 2.38. The molecule has 1 unspecified atom stereocenters. The molecule has 0 saturated heterocycles. The molecule has 0 bridgehead atoms. The van der Waals surface area contributed by atoms with Gasteiger partial charge in [0.2, 0.25) is 5.75 Å². The first-order valence-corrected chi connectivity index (χ1v) is 6.93. The lowest BCUT2D eigenvalue weighted by Gasteiger charge is -2.16. The zero-order chi connectivity index (χ0) is 17.4. The number of ether oxygens (including phenoxy) is 3. The van der Waals surface area contributed by atoms with E-state index in [1.165, 1.54) is 33.5 Å². The molecule has 0 aliphatic rings. The molecule has 1 rings (SSSR count). The summed E-state index contributed by atoms with van der Waals surface area (Å²) < 4.78 is 15.5. The van der Waals surface area contributed by atoms with Crippen molar-refractivity contribution in [2.45, 2.75) is 19.4 Å². The zero-order valence-corrected chi connectivity index (χ0v) is 13.6. The van der Waals surface area contributed by atoms with E-state index in [9.17, 15) is 9.59 Å². The van der Waals surface area contributed by atoms with E-state index in [0.717, 1.165) is 0 Å². The number of amides is 1. The first-order valence-electron chi connectivity index (χ1n) is 6.93. The van der Waals surface area contributed by atoms with Gasteiger partial charge in [0.25, 0.3) is 5.91 Å². The number of carboxylic acid groups (broad SMARTS) is 1. The molecule has 1 aromatic carbocycles. The minimum Gasteiger partial charge on any atom is -0.493 e. The Bertz CT molecular complexity index is 571. The summed E-state index contributed by atoms with van der Waals surface area (Å²) >= 11 is 0. The Hall–Kier alpha value is -2.70. The number of methoxy groups -OCH3 is 3. The number of benzene rings is 1. The summed E-state index contributed by atoms with van der Waals surface area (Å²) in [5.74, 6) is -0.657. The van der Waals surface area contributed by atoms with Crippen molar-refractivity contribution in [3.8, 4) is 17.2 Å². The van der Waals surface area contributed by atoms with E-state index in [2.05, 4.69) is 5.32 Å². The van der Waals surface area contributed by atoms with E-state index in [1.54, 1.807) is 19.1 Å². The molecule has 0 spiro atoms. The minimum absolute atomic E-state index is 0.196. The van der Waals surface area contributed by atoms with Crippen LogP contribution in [-0.2, 0) is 4.79 Å². The molecule has 23 heavy (non-hydrogen) atoms. The SMILES string of the molecule is C/C=C/CC(NC(=O)c1cc(OC)c(OC)c(OC)c1)C(=O)O. The molecule has 0 aromatic heterocycles. The van der Waals surface area contributed by atoms with E-state index in [0.29, 0.717) is 17.2 Å². The molecule has 0 aliphatic heterocycles. The van der Waals surface area contributed by atoms with Gasteiger partial charge >= 0.3 is 5.97 Å². The second kappa shape index (κ2) is 8.67. The molecule has 2 N–H and O–H groups in total. The average Bonchev–Trinajstić information content (AvgIpc) is 2.56. The summed E-state index contributed by atoms with van der Waals surface area (Å²) in [5, 5.41) is 11.6. The lowest BCUT2D eigenvalue weighted by molar-refractivity contribution is -0.139. The van der Waals surface area contributed by atoms with Gasteiger partial charge < -0.3 is 24.6 Å². The highest BCUT2D eigenvalue weighted by atomic mass is 16.5. The Morgan fingerprint density at radius 1 is 1.17 bits per heavy atom. The van der Waals surface area contributed by atoms with Gasteiger partial charge in [-0.3, -0.25) is 4.79 Å². The summed E-state index contributed by atoms with van der Waals surface area (Å²) in [6, 6.07) is 1.91. The zero-order valence-electron chi connectivity index (χ0n) is 13.6. The molecular weight excluding hydrogens is 302 g/mol. The normalized spacial score (nSPS) is 11.8. The van der Waals surface area contributed by atoms with Crippen LogP contribution in [0.15, 0.2) is 24.3 Å². The molecule has 0 saturated carbocycles. The highest BCUT2D eigenvalue weighted by molar-refractivity contribution is 5.97. The molecule has 7 nitrogen and oxygen atoms in total. The van der Waals surface area contributed by atoms with Gasteiger partial charge in [-0.1, -0.05) is 12.2 Å². The topological polar surface area (TPSA) is 94.1 Å². The molecule has 7 heteroatoms. The van der Waals surface area contributed by atoms with Crippen LogP contribution in [-0.4, -0.2) is 44.4 Å². The Morgan fingerprint density at radius 2 is 1.74 bits per heavy atom. The molecule has 126 valence electrons. The van der Waals surface area contributed by atoms with Gasteiger partial charge in [-0.15, -0.1) is 0 Å². The fraction of sp³-hybridized carbons (Fsp3) is 0.375. The second-order valence-corrected chi connectivity index (χ2v) is 4.58. The average molecular weight is 323 g/mol. The minimum atomic E-state index is -1.11. The molecule has 0 aliphatic carbocycles. The lowest BCUT2D eigenvalue weighted by atomic mass is 10.1. The Kier molecular flexibility index (Phi) is 6.92. The smallest absolute Gasteiger partial charge is 0.326 e. The first-order chi connectivity index (χ1) is 11.0. The largest absolute Gasteiger partial charge is 0.493 e. The van der Waals surface area contributed by atoms with E-state index in [1.807, 2.05) is 0 Å². The molecule has 0 radical (unpaired) electrons. The van der Waals surface area contributed by atoms with Crippen LogP contribution >= 0.6 is 0 Å². The van der Waals surface area contributed by atoms with Crippen molar-refractivity contribution in [1.29, 1.82) is 0 Å². The maximum absolute atomic E-state index is 12.3. The molecule has 0 heterocycles. The van der Waals surface area contributed by atoms with Gasteiger partial charge in [-0.25, -0.2) is 4.79 Å². The van der Waals surface area contributed by atoms with Crippen LogP contribution in [0.1, 0.15) is 23.7 Å². The van der Waals surface area contributed by atoms with Crippen LogP contribution in [0, 0.1) is 0 Å². The van der Waals surface area contributed by atoms with Crippen LogP contribution in [0.2, 0.25) is 0 Å². The van der Waals surface area contributed by atoms with Crippen LogP contribution in [0.3, 0.4) is 0 Å². The number of carbonyl (C=O) groups is 2. The number of aliphatic carboxylic acids is 1. The molecule has 0 fully saturated rings. The Morgan fingerprint density at radius 3 is 2.13 bits per heavy atom. The van der Waals surface area contributed by atoms with Crippen LogP contribution in [0.5, 0.6) is 17.2 Å². The summed E-state index contributed by atoms with van der Waals surface area (Å²) in [7, 11) is 4.33. The van der Waals surface area contributed by atoms with Gasteiger partial charge in [0.05, 0.1) is 21.3 Å². The summed E-state index contributed by atoms with van der Waals surface area (Å²) in [6.07, 6.45) is 3.60. The van der Waals surface area contributed by atoms with Crippen LogP contribution in [0.25, 0.3) is 0 Å². The Balaban J connectivity index is 3.09. The molecule has 1 aromatic rings. The van der Waals surface area contributed by atoms with Crippen molar-refractivity contribution in [3.63, 3.8) is 0 Å². The van der Waals surface area contributed by atoms with Crippen LogP contribution < -0.4 is 19.5 Å². The highest BCUT2D eigenvalue weighted by Gasteiger charge is 2.22. The monoisotopic (exact) mass is 323 g/mol. The van der Waals surface area contributed by atoms with Gasteiger partial charge in [-0.2, -0.15) is 0 Å². The third kappa shape index (κ3) is 4.64. The lowest BCUT2D eigenvalue weighted by Crippen LogP contribution is -2.40. The third-order valence-electron chi connectivity index (χ3n) is 3.14. The number of rotatable bonds is 8. The number of hydrogen-bond acceptors (Lipinski definition) is 5. The molecule has 1 amide bonds. The first kappa shape index (κ1) is 18.3. The van der Waals surface area contributed by atoms with Gasteiger partial charge in [-0.05, 0) is 25.5 Å². The maximum Gasteiger partial charge on any atom is 0.326 e. The summed E-state index contributed by atoms with van der Waals surface area (Å²) in [4.78, 5) is 23.5. The number of hydrogen-bond donors (Lipinski definition) is 2. The van der Waals surface area contributed by atoms with Gasteiger partial charge in [0.15, 0.2) is 11.5 Å². The summed E-state index contributed by atoms with van der Waals surface area (Å²) in [5.41, 5.74) is 0.214. The fourth-order valence-electron chi connectivity index (χ4n) is 1.95. The number of carbonyl (C=O) groups excluding carboxylic acids is 1. The van der Waals surface area contributed by atoms with E-state index in [4.69, 9.17) is 19.3 Å². The van der Waals surface area contributed by atoms with E-state index >= 15 is 0 Å². The van der Waals surface area contributed by atoms with Gasteiger partial charge in [0.1, 0.15) is 6.04 Å². The summed E-state index contributed by atoms with van der Waals surface area (Å²) in [6.45, 7) is 1.78. The third-order valence-corrected chi connectivity index (χ3v) is 3.14. The van der Waals surface area contributed by atoms with Gasteiger partial charge in [0, 0.05) is 5.56 Å². The van der Waals surface area contributed by atoms with Crippen LogP contribution in [0.4, 0.5) is 0 Å². The van der Waals surface area contributed by atoms with Crippen molar-refractivity contribution in [2.24, 2.45) is 0 Å². The molecular formula is C16H21NO6. The number of nitrogens with one attached hydrogen (secondary N) is 1. The van der Waals surface area contributed by atoms with Crippen molar-refractivity contribution < 1.29 is 28.9 Å². The van der Waals surface area contributed by atoms with Crippen molar-refractivity contribution in [2.75, 3.05) is 21.3 Å². The van der Waals surface area contributed by atoms with Crippen molar-refractivity contribution in [1.82, 2.24) is 5.32 Å². The number of carboxylic acids is 1. The second-order valence-electron chi connectivity index (χ2n) is 4.58. The van der Waals surface area contributed by atoms with E-state index in [-0.39, 0.29) is 12.0 Å². The molecule has 1 atom stereocenters. The standard InChI is InChI=1S/C16H21NO6/c1-5-6-7-11(16(19)20)17-15(18)10-8-12(21-2)14(23-4)13(9-10)22-3/h5-6,8-9,11H,7H2,1-4H3,(H,17,18)(H,19,20)/b6-5+.